The van der Waals surface area contributed by atoms with Crippen LogP contribution >= 0.6 is 0 Å². The monoisotopic (exact) mass is 646 g/mol. The Morgan fingerprint density at radius 1 is 1.02 bits per heavy atom. The van der Waals surface area contributed by atoms with E-state index in [9.17, 15) is 10.1 Å². The summed E-state index contributed by atoms with van der Waals surface area (Å²) in [5.74, 6) is 1.85. The number of nitrogens with one attached hydrogen (secondary N) is 2. The van der Waals surface area contributed by atoms with Crippen LogP contribution in [0.15, 0.2) is 67.3 Å². The molecule has 2 saturated heterocycles. The van der Waals surface area contributed by atoms with Gasteiger partial charge in [-0.2, -0.15) is 15.3 Å². The normalized spacial score (nSPS) is 20.3. The minimum Gasteiger partial charge on any atom is -0.375 e. The third-order valence-corrected chi connectivity index (χ3v) is 9.98. The molecule has 0 unspecified atom stereocenters. The highest BCUT2D eigenvalue weighted by atomic mass is 16.5. The van der Waals surface area contributed by atoms with Crippen LogP contribution in [0, 0.1) is 11.3 Å². The summed E-state index contributed by atoms with van der Waals surface area (Å²) in [5.41, 5.74) is 3.45. The van der Waals surface area contributed by atoms with Crippen LogP contribution in [-0.2, 0) is 18.3 Å². The van der Waals surface area contributed by atoms with Gasteiger partial charge in [0.1, 0.15) is 17.5 Å². The van der Waals surface area contributed by atoms with Gasteiger partial charge < -0.3 is 20.3 Å². The molecule has 0 atom stereocenters. The number of anilines is 3. The Bertz CT molecular complexity index is 1730. The number of urea groups is 1. The Morgan fingerprint density at radius 3 is 2.50 bits per heavy atom. The van der Waals surface area contributed by atoms with Crippen LogP contribution in [0.5, 0.6) is 0 Å². The van der Waals surface area contributed by atoms with Crippen molar-refractivity contribution in [2.24, 2.45) is 7.05 Å². The smallest absolute Gasteiger partial charge is 0.323 e. The number of benzene rings is 1. The highest BCUT2D eigenvalue weighted by molar-refractivity contribution is 5.91. The Labute approximate surface area is 281 Å². The zero-order valence-electron chi connectivity index (χ0n) is 27.4. The third kappa shape index (κ3) is 6.96. The molecule has 0 bridgehead atoms. The molecular formula is C36H42N10O2. The van der Waals surface area contributed by atoms with Crippen molar-refractivity contribution in [1.29, 1.82) is 5.26 Å². The number of pyridine rings is 1. The van der Waals surface area contributed by atoms with Crippen LogP contribution < -0.4 is 20.4 Å². The number of carbonyl (C=O) groups excluding carboxylic acids is 1. The predicted molar refractivity (Wildman–Crippen MR) is 183 cm³/mol. The lowest BCUT2D eigenvalue weighted by molar-refractivity contribution is -0.0147. The molecule has 1 aliphatic carbocycles. The number of hydrogen-bond donors (Lipinski definition) is 2. The second kappa shape index (κ2) is 14.0. The molecule has 12 nitrogen and oxygen atoms in total. The van der Waals surface area contributed by atoms with Gasteiger partial charge in [0.05, 0.1) is 18.0 Å². The van der Waals surface area contributed by atoms with E-state index in [1.807, 2.05) is 66.8 Å². The number of ether oxygens (including phenoxy) is 1. The molecule has 3 aliphatic rings. The molecule has 3 aromatic heterocycles. The van der Waals surface area contributed by atoms with E-state index >= 15 is 0 Å². The van der Waals surface area contributed by atoms with Crippen molar-refractivity contribution >= 4 is 23.6 Å². The SMILES string of the molecule is Cn1cc(-c2ccc(N(C(=O)NCc3ccccc3)[C@H]3CC[C@H](Nc4ncc(C#N)c(N5CCC6(CCCO6)CC5)n4)CC3)nc2)cn1. The quantitative estimate of drug-likeness (QED) is 0.257. The van der Waals surface area contributed by atoms with Gasteiger partial charge in [-0.25, -0.2) is 14.8 Å². The summed E-state index contributed by atoms with van der Waals surface area (Å²) in [6, 6.07) is 16.1. The van der Waals surface area contributed by atoms with Crippen LogP contribution in [0.3, 0.4) is 0 Å². The molecule has 1 aromatic carbocycles. The second-order valence-electron chi connectivity index (χ2n) is 13.1. The van der Waals surface area contributed by atoms with Crippen LogP contribution in [-0.4, -0.2) is 68.1 Å². The average molecular weight is 647 g/mol. The maximum atomic E-state index is 13.8. The van der Waals surface area contributed by atoms with Gasteiger partial charge in [-0.3, -0.25) is 9.58 Å². The van der Waals surface area contributed by atoms with Crippen LogP contribution in [0.1, 0.15) is 62.5 Å². The molecule has 4 aromatic rings. The van der Waals surface area contributed by atoms with Gasteiger partial charge in [-0.05, 0) is 69.1 Å². The van der Waals surface area contributed by atoms with Crippen molar-refractivity contribution in [3.8, 4) is 17.2 Å². The summed E-state index contributed by atoms with van der Waals surface area (Å²) >= 11 is 0. The van der Waals surface area contributed by atoms with Gasteiger partial charge in [0.15, 0.2) is 5.82 Å². The number of amides is 2. The van der Waals surface area contributed by atoms with Crippen LogP contribution in [0.25, 0.3) is 11.1 Å². The van der Waals surface area contributed by atoms with Gasteiger partial charge in [0.2, 0.25) is 5.95 Å². The van der Waals surface area contributed by atoms with Crippen molar-refractivity contribution in [3.63, 3.8) is 0 Å². The summed E-state index contributed by atoms with van der Waals surface area (Å²) in [6.07, 6.45) is 14.6. The minimum absolute atomic E-state index is 0.000674. The van der Waals surface area contributed by atoms with Crippen molar-refractivity contribution < 1.29 is 9.53 Å². The summed E-state index contributed by atoms with van der Waals surface area (Å²) in [4.78, 5) is 31.9. The maximum absolute atomic E-state index is 13.8. The first kappa shape index (κ1) is 31.6. The second-order valence-corrected chi connectivity index (χ2v) is 13.1. The Hall–Kier alpha value is -5.02. The first-order valence-corrected chi connectivity index (χ1v) is 17.0. The molecule has 48 heavy (non-hydrogen) atoms. The number of piperidine rings is 1. The first-order valence-electron chi connectivity index (χ1n) is 17.0. The summed E-state index contributed by atoms with van der Waals surface area (Å²) in [7, 11) is 1.89. The predicted octanol–water partition coefficient (Wildman–Crippen LogP) is 5.43. The lowest BCUT2D eigenvalue weighted by atomic mass is 9.88. The molecule has 5 heterocycles. The molecule has 2 N–H and O–H groups in total. The minimum atomic E-state index is -0.164. The van der Waals surface area contributed by atoms with E-state index < -0.39 is 0 Å². The van der Waals surface area contributed by atoms with Gasteiger partial charge in [-0.15, -0.1) is 0 Å². The Balaban J connectivity index is 1.02. The maximum Gasteiger partial charge on any atom is 0.323 e. The molecule has 1 saturated carbocycles. The molecule has 2 amide bonds. The van der Waals surface area contributed by atoms with E-state index in [-0.39, 0.29) is 23.7 Å². The van der Waals surface area contributed by atoms with E-state index in [4.69, 9.17) is 14.7 Å². The fourth-order valence-electron chi connectivity index (χ4n) is 7.28. The fraction of sp³-hybridized carbons (Fsp3) is 0.444. The number of aromatic nitrogens is 5. The number of nitrogens with zero attached hydrogens (tertiary/aromatic N) is 8. The van der Waals surface area contributed by atoms with Crippen LogP contribution in [0.2, 0.25) is 0 Å². The number of hydrogen-bond acceptors (Lipinski definition) is 9. The lowest BCUT2D eigenvalue weighted by Crippen LogP contribution is -2.49. The van der Waals surface area contributed by atoms with E-state index in [0.29, 0.717) is 29.7 Å². The Kier molecular flexibility index (Phi) is 9.20. The topological polar surface area (TPSA) is 137 Å². The molecule has 0 radical (unpaired) electrons. The molecule has 2 aliphatic heterocycles. The standard InChI is InChI=1S/C36H42N10O2/c1-44-25-29(24-41-44)27-8-13-32(38-22-27)46(35(47)40-21-26-6-3-2-4-7-26)31-11-9-30(10-12-31)42-34-39-23-28(20-37)33(43-34)45-17-15-36(16-18-45)14-5-19-48-36/h2-4,6-8,13,22-25,30-31H,5,9-12,14-19,21H2,1H3,(H,40,47)(H,39,42,43)/t30-,31-. The van der Waals surface area contributed by atoms with E-state index in [2.05, 4.69) is 31.7 Å². The summed E-state index contributed by atoms with van der Waals surface area (Å²) in [6.45, 7) is 2.91. The van der Waals surface area contributed by atoms with E-state index in [0.717, 1.165) is 87.8 Å². The zero-order chi connectivity index (χ0) is 32.9. The molecule has 3 fully saturated rings. The van der Waals surface area contributed by atoms with E-state index in [1.54, 1.807) is 17.1 Å². The summed E-state index contributed by atoms with van der Waals surface area (Å²) < 4.78 is 7.86. The average Bonchev–Trinajstić information content (AvgIpc) is 3.78. The zero-order valence-corrected chi connectivity index (χ0v) is 27.4. The van der Waals surface area contributed by atoms with Gasteiger partial charge in [-0.1, -0.05) is 30.3 Å². The first-order chi connectivity index (χ1) is 23.5. The lowest BCUT2D eigenvalue weighted by Gasteiger charge is -2.39. The number of rotatable bonds is 8. The highest BCUT2D eigenvalue weighted by Gasteiger charge is 2.39. The Morgan fingerprint density at radius 2 is 1.83 bits per heavy atom. The third-order valence-electron chi connectivity index (χ3n) is 9.98. The molecular weight excluding hydrogens is 604 g/mol. The van der Waals surface area contributed by atoms with Crippen molar-refractivity contribution in [1.82, 2.24) is 30.0 Å². The summed E-state index contributed by atoms with van der Waals surface area (Å²) in [5, 5.41) is 20.7. The fourth-order valence-corrected chi connectivity index (χ4v) is 7.28. The highest BCUT2D eigenvalue weighted by Crippen LogP contribution is 2.37. The molecule has 7 rings (SSSR count). The van der Waals surface area contributed by atoms with Crippen molar-refractivity contribution in [3.05, 3.63) is 78.4 Å². The number of carbonyl (C=O) groups is 1. The largest absolute Gasteiger partial charge is 0.375 e. The van der Waals surface area contributed by atoms with Crippen molar-refractivity contribution in [2.75, 3.05) is 34.8 Å². The van der Waals surface area contributed by atoms with Crippen molar-refractivity contribution in [2.45, 2.75) is 75.6 Å². The number of aryl methyl sites for hydroxylation is 1. The molecule has 12 heteroatoms. The van der Waals surface area contributed by atoms with Crippen LogP contribution in [0.4, 0.5) is 22.4 Å². The van der Waals surface area contributed by atoms with Gasteiger partial charge in [0, 0.05) is 68.9 Å². The van der Waals surface area contributed by atoms with Gasteiger partial charge >= 0.3 is 6.03 Å². The van der Waals surface area contributed by atoms with Gasteiger partial charge in [0.25, 0.3) is 0 Å². The van der Waals surface area contributed by atoms with E-state index in [1.165, 1.54) is 0 Å². The molecule has 1 spiro atoms. The molecule has 248 valence electrons. The number of nitriles is 1.